The molecule has 0 unspecified atom stereocenters. The molecule has 2 rings (SSSR count). The topological polar surface area (TPSA) is 84.3 Å². The van der Waals surface area contributed by atoms with Gasteiger partial charge in [-0.15, -0.1) is 0 Å². The van der Waals surface area contributed by atoms with Gasteiger partial charge < -0.3 is 4.90 Å². The highest BCUT2D eigenvalue weighted by Gasteiger charge is 2.30. The molecule has 0 aliphatic carbocycles. The third kappa shape index (κ3) is 4.90. The van der Waals surface area contributed by atoms with Crippen LogP contribution in [-0.2, 0) is 28.4 Å². The van der Waals surface area contributed by atoms with Gasteiger partial charge in [-0.2, -0.15) is 9.82 Å². The summed E-state index contributed by atoms with van der Waals surface area (Å²) in [5.74, 6) is -0.472. The minimum atomic E-state index is -3.77. The Morgan fingerprint density at radius 1 is 1.28 bits per heavy atom. The fraction of sp³-hybridized carbons (Fsp3) is 0.412. The van der Waals surface area contributed by atoms with Crippen molar-refractivity contribution < 1.29 is 13.2 Å². The summed E-state index contributed by atoms with van der Waals surface area (Å²) in [7, 11) is -0.310. The van der Waals surface area contributed by atoms with Gasteiger partial charge in [0.2, 0.25) is 15.9 Å². The van der Waals surface area contributed by atoms with Gasteiger partial charge >= 0.3 is 0 Å². The number of aromatic nitrogens is 2. The van der Waals surface area contributed by atoms with E-state index in [-0.39, 0.29) is 16.7 Å². The number of nitrogens with one attached hydrogen (secondary N) is 1. The first kappa shape index (κ1) is 19.1. The third-order valence-corrected chi connectivity index (χ3v) is 5.28. The van der Waals surface area contributed by atoms with E-state index in [9.17, 15) is 13.2 Å². The average molecular weight is 364 g/mol. The second kappa shape index (κ2) is 7.79. The maximum atomic E-state index is 12.8. The normalized spacial score (nSPS) is 13.0. The smallest absolute Gasteiger partial charge is 0.241 e. The van der Waals surface area contributed by atoms with Crippen molar-refractivity contribution in [3.63, 3.8) is 0 Å². The number of carbonyl (C=O) groups excluding carboxylic acids is 1. The molecule has 0 saturated carbocycles. The number of hydrogen-bond acceptors (Lipinski definition) is 4. The lowest BCUT2D eigenvalue weighted by atomic mass is 10.0. The summed E-state index contributed by atoms with van der Waals surface area (Å²) < 4.78 is 29.3. The number of aryl methyl sites for hydroxylation is 1. The van der Waals surface area contributed by atoms with Crippen molar-refractivity contribution in [1.82, 2.24) is 19.4 Å². The molecule has 0 aliphatic heterocycles. The van der Waals surface area contributed by atoms with Crippen LogP contribution in [0.25, 0.3) is 0 Å². The summed E-state index contributed by atoms with van der Waals surface area (Å²) in [4.78, 5) is 14.4. The highest BCUT2D eigenvalue weighted by molar-refractivity contribution is 7.89. The van der Waals surface area contributed by atoms with Crippen molar-refractivity contribution in [1.29, 1.82) is 0 Å². The molecule has 0 saturated heterocycles. The zero-order valence-electron chi connectivity index (χ0n) is 14.9. The second-order valence-corrected chi connectivity index (χ2v) is 8.09. The van der Waals surface area contributed by atoms with Crippen molar-refractivity contribution in [2.24, 2.45) is 13.0 Å². The van der Waals surface area contributed by atoms with Gasteiger partial charge in [-0.3, -0.25) is 9.48 Å². The van der Waals surface area contributed by atoms with Crippen LogP contribution in [-0.4, -0.2) is 42.1 Å². The molecule has 0 spiro atoms. The number of nitrogens with zero attached hydrogens (tertiary/aromatic N) is 3. The quantitative estimate of drug-likeness (QED) is 0.804. The fourth-order valence-electron chi connectivity index (χ4n) is 2.45. The van der Waals surface area contributed by atoms with Crippen LogP contribution >= 0.6 is 0 Å². The van der Waals surface area contributed by atoms with Gasteiger partial charge in [-0.05, 0) is 18.1 Å². The number of amides is 1. The van der Waals surface area contributed by atoms with Gasteiger partial charge in [0.15, 0.2) is 0 Å². The summed E-state index contributed by atoms with van der Waals surface area (Å²) in [5.41, 5.74) is 0.881. The first-order chi connectivity index (χ1) is 11.7. The number of rotatable bonds is 7. The number of likely N-dealkylation sites (N-methyl/N-ethyl adjacent to an activating group) is 1. The SMILES string of the molecule is CC(C)[C@@H](NS(=O)(=O)c1ccccc1)C(=O)N(C)Cc1cnn(C)c1. The van der Waals surface area contributed by atoms with Gasteiger partial charge in [0.1, 0.15) is 6.04 Å². The summed E-state index contributed by atoms with van der Waals surface area (Å²) >= 11 is 0. The van der Waals surface area contributed by atoms with Crippen LogP contribution in [0.1, 0.15) is 19.4 Å². The number of carbonyl (C=O) groups is 1. The van der Waals surface area contributed by atoms with E-state index in [1.165, 1.54) is 17.0 Å². The minimum absolute atomic E-state index is 0.142. The van der Waals surface area contributed by atoms with E-state index in [2.05, 4.69) is 9.82 Å². The average Bonchev–Trinajstić information content (AvgIpc) is 2.97. The Hall–Kier alpha value is -2.19. The Kier molecular flexibility index (Phi) is 5.97. The molecule has 1 aromatic carbocycles. The van der Waals surface area contributed by atoms with Crippen LogP contribution in [0.4, 0.5) is 0 Å². The molecule has 1 atom stereocenters. The highest BCUT2D eigenvalue weighted by Crippen LogP contribution is 2.14. The lowest BCUT2D eigenvalue weighted by molar-refractivity contribution is -0.133. The third-order valence-electron chi connectivity index (χ3n) is 3.82. The summed E-state index contributed by atoms with van der Waals surface area (Å²) in [6.45, 7) is 3.99. The van der Waals surface area contributed by atoms with Crippen LogP contribution < -0.4 is 4.72 Å². The monoisotopic (exact) mass is 364 g/mol. The molecule has 1 aromatic heterocycles. The molecule has 136 valence electrons. The Bertz CT molecular complexity index is 815. The Labute approximate surface area is 148 Å². The lowest BCUT2D eigenvalue weighted by Gasteiger charge is -2.26. The standard InChI is InChI=1S/C17H24N4O3S/c1-13(2)16(19-25(23,24)15-8-6-5-7-9-15)17(22)20(3)11-14-10-18-21(4)12-14/h5-10,12-13,16,19H,11H2,1-4H3/t16-/m1/s1. The number of benzene rings is 1. The number of sulfonamides is 1. The van der Waals surface area contributed by atoms with Crippen molar-refractivity contribution >= 4 is 15.9 Å². The van der Waals surface area contributed by atoms with E-state index in [1.54, 1.807) is 43.2 Å². The zero-order chi connectivity index (χ0) is 18.6. The van der Waals surface area contributed by atoms with Gasteiger partial charge in [-0.1, -0.05) is 32.0 Å². The minimum Gasteiger partial charge on any atom is -0.340 e. The summed E-state index contributed by atoms with van der Waals surface area (Å²) in [6, 6.07) is 7.20. The van der Waals surface area contributed by atoms with Gasteiger partial charge in [0, 0.05) is 32.4 Å². The molecule has 2 aromatic rings. The largest absolute Gasteiger partial charge is 0.340 e. The predicted molar refractivity (Wildman–Crippen MR) is 95.1 cm³/mol. The van der Waals surface area contributed by atoms with E-state index >= 15 is 0 Å². The molecule has 1 amide bonds. The fourth-order valence-corrected chi connectivity index (χ4v) is 3.81. The molecule has 1 N–H and O–H groups in total. The van der Waals surface area contributed by atoms with Crippen molar-refractivity contribution in [2.45, 2.75) is 31.3 Å². The van der Waals surface area contributed by atoms with E-state index < -0.39 is 16.1 Å². The molecule has 0 radical (unpaired) electrons. The van der Waals surface area contributed by atoms with E-state index in [0.717, 1.165) is 5.56 Å². The van der Waals surface area contributed by atoms with E-state index in [1.807, 2.05) is 20.0 Å². The molecule has 25 heavy (non-hydrogen) atoms. The highest BCUT2D eigenvalue weighted by atomic mass is 32.2. The van der Waals surface area contributed by atoms with Crippen molar-refractivity contribution in [3.05, 3.63) is 48.3 Å². The van der Waals surface area contributed by atoms with Crippen LogP contribution in [0.5, 0.6) is 0 Å². The van der Waals surface area contributed by atoms with Crippen LogP contribution in [0.2, 0.25) is 0 Å². The molecular weight excluding hydrogens is 340 g/mol. The second-order valence-electron chi connectivity index (χ2n) is 6.37. The molecular formula is C17H24N4O3S. The van der Waals surface area contributed by atoms with E-state index in [4.69, 9.17) is 0 Å². The molecule has 1 heterocycles. The lowest BCUT2D eigenvalue weighted by Crippen LogP contribution is -2.49. The Balaban J connectivity index is 2.15. The van der Waals surface area contributed by atoms with Crippen LogP contribution in [0, 0.1) is 5.92 Å². The van der Waals surface area contributed by atoms with Gasteiger partial charge in [0.25, 0.3) is 0 Å². The molecule has 0 fully saturated rings. The maximum absolute atomic E-state index is 12.8. The van der Waals surface area contributed by atoms with Crippen LogP contribution in [0.15, 0.2) is 47.6 Å². The predicted octanol–water partition coefficient (Wildman–Crippen LogP) is 1.38. The summed E-state index contributed by atoms with van der Waals surface area (Å²) in [6.07, 6.45) is 3.50. The molecule has 8 heteroatoms. The van der Waals surface area contributed by atoms with Crippen molar-refractivity contribution in [3.8, 4) is 0 Å². The molecule has 0 bridgehead atoms. The maximum Gasteiger partial charge on any atom is 0.241 e. The van der Waals surface area contributed by atoms with Gasteiger partial charge in [0.05, 0.1) is 11.1 Å². The first-order valence-electron chi connectivity index (χ1n) is 8.00. The zero-order valence-corrected chi connectivity index (χ0v) is 15.7. The van der Waals surface area contributed by atoms with E-state index in [0.29, 0.717) is 6.54 Å². The molecule has 7 nitrogen and oxygen atoms in total. The van der Waals surface area contributed by atoms with Gasteiger partial charge in [-0.25, -0.2) is 8.42 Å². The number of hydrogen-bond donors (Lipinski definition) is 1. The summed E-state index contributed by atoms with van der Waals surface area (Å²) in [5, 5.41) is 4.08. The Morgan fingerprint density at radius 3 is 2.44 bits per heavy atom. The molecule has 0 aliphatic rings. The van der Waals surface area contributed by atoms with Crippen LogP contribution in [0.3, 0.4) is 0 Å². The Morgan fingerprint density at radius 2 is 1.92 bits per heavy atom. The van der Waals surface area contributed by atoms with Crippen molar-refractivity contribution in [2.75, 3.05) is 7.05 Å². The first-order valence-corrected chi connectivity index (χ1v) is 9.49.